The van der Waals surface area contributed by atoms with Crippen LogP contribution >= 0.6 is 11.6 Å². The molecule has 0 unspecified atom stereocenters. The van der Waals surface area contributed by atoms with Gasteiger partial charge in [-0.3, -0.25) is 10.1 Å². The lowest BCUT2D eigenvalue weighted by Crippen LogP contribution is -2.20. The van der Waals surface area contributed by atoms with E-state index in [2.05, 4.69) is 5.10 Å². The van der Waals surface area contributed by atoms with Crippen molar-refractivity contribution in [1.82, 2.24) is 9.78 Å². The summed E-state index contributed by atoms with van der Waals surface area (Å²) in [5, 5.41) is 12.1. The molecule has 76 valence electrons. The van der Waals surface area contributed by atoms with Crippen molar-refractivity contribution in [2.75, 3.05) is 0 Å². The van der Waals surface area contributed by atoms with Crippen LogP contribution in [-0.2, 0) is 6.54 Å². The highest BCUT2D eigenvalue weighted by Crippen LogP contribution is 2.49. The Bertz CT molecular complexity index is 353. The molecule has 0 atom stereocenters. The minimum absolute atomic E-state index is 0.182. The third-order valence-electron chi connectivity index (χ3n) is 2.62. The quantitative estimate of drug-likeness (QED) is 0.589. The molecule has 1 aliphatic carbocycles. The van der Waals surface area contributed by atoms with E-state index in [1.807, 2.05) is 10.9 Å². The normalized spacial score (nSPS) is 18.1. The molecular weight excluding hydrogens is 200 g/mol. The van der Waals surface area contributed by atoms with Crippen molar-refractivity contribution in [2.45, 2.75) is 25.8 Å². The highest BCUT2D eigenvalue weighted by molar-refractivity contribution is 6.30. The molecule has 1 aromatic rings. The summed E-state index contributed by atoms with van der Waals surface area (Å²) in [4.78, 5) is 0. The lowest BCUT2D eigenvalue weighted by atomic mass is 10.0. The fourth-order valence-corrected chi connectivity index (χ4v) is 1.90. The Kier molecular flexibility index (Phi) is 2.23. The molecule has 0 saturated heterocycles. The van der Waals surface area contributed by atoms with Gasteiger partial charge in [-0.2, -0.15) is 5.10 Å². The molecule has 4 nitrogen and oxygen atoms in total. The smallest absolute Gasteiger partial charge is 0.0911 e. The van der Waals surface area contributed by atoms with Crippen molar-refractivity contribution in [3.8, 4) is 0 Å². The van der Waals surface area contributed by atoms with E-state index >= 15 is 0 Å². The maximum absolute atomic E-state index is 7.28. The summed E-state index contributed by atoms with van der Waals surface area (Å²) in [6.45, 7) is 0.819. The summed E-state index contributed by atoms with van der Waals surface area (Å²) >= 11 is 5.77. The van der Waals surface area contributed by atoms with Gasteiger partial charge < -0.3 is 5.73 Å². The SMILES string of the molecule is N=C(N)CC1(Cn2cc(Cl)cn2)CC1. The van der Waals surface area contributed by atoms with E-state index in [0.717, 1.165) is 19.4 Å². The molecule has 0 amide bonds. The molecule has 2 rings (SSSR count). The van der Waals surface area contributed by atoms with Gasteiger partial charge >= 0.3 is 0 Å². The fraction of sp³-hybridized carbons (Fsp3) is 0.556. The van der Waals surface area contributed by atoms with Gasteiger partial charge in [0.2, 0.25) is 0 Å². The second-order valence-electron chi connectivity index (χ2n) is 4.06. The zero-order valence-corrected chi connectivity index (χ0v) is 8.59. The summed E-state index contributed by atoms with van der Waals surface area (Å²) in [6.07, 6.45) is 6.37. The topological polar surface area (TPSA) is 67.7 Å². The molecule has 3 N–H and O–H groups in total. The zero-order chi connectivity index (χ0) is 10.2. The number of amidine groups is 1. The van der Waals surface area contributed by atoms with Crippen molar-refractivity contribution in [2.24, 2.45) is 11.1 Å². The number of halogens is 1. The first-order valence-corrected chi connectivity index (χ1v) is 4.98. The number of aromatic nitrogens is 2. The second-order valence-corrected chi connectivity index (χ2v) is 4.49. The van der Waals surface area contributed by atoms with Crippen LogP contribution in [0.3, 0.4) is 0 Å². The van der Waals surface area contributed by atoms with Gasteiger partial charge in [0, 0.05) is 19.2 Å². The van der Waals surface area contributed by atoms with E-state index in [1.54, 1.807) is 6.20 Å². The Morgan fingerprint density at radius 3 is 2.86 bits per heavy atom. The Balaban J connectivity index is 2.00. The molecule has 5 heteroatoms. The van der Waals surface area contributed by atoms with Gasteiger partial charge in [-0.15, -0.1) is 0 Å². The van der Waals surface area contributed by atoms with Gasteiger partial charge in [0.15, 0.2) is 0 Å². The maximum Gasteiger partial charge on any atom is 0.0911 e. The second kappa shape index (κ2) is 3.28. The summed E-state index contributed by atoms with van der Waals surface area (Å²) < 4.78 is 1.83. The summed E-state index contributed by atoms with van der Waals surface area (Å²) in [5.41, 5.74) is 5.59. The van der Waals surface area contributed by atoms with Crippen molar-refractivity contribution in [3.05, 3.63) is 17.4 Å². The van der Waals surface area contributed by atoms with Crippen LogP contribution in [0.4, 0.5) is 0 Å². The molecule has 1 aromatic heterocycles. The van der Waals surface area contributed by atoms with Gasteiger partial charge in [0.05, 0.1) is 17.1 Å². The Morgan fingerprint density at radius 2 is 2.43 bits per heavy atom. The molecule has 0 spiro atoms. The first-order chi connectivity index (χ1) is 6.60. The minimum Gasteiger partial charge on any atom is -0.388 e. The van der Waals surface area contributed by atoms with E-state index in [0.29, 0.717) is 11.4 Å². The zero-order valence-electron chi connectivity index (χ0n) is 7.83. The average Bonchev–Trinajstić information content (AvgIpc) is 2.67. The highest BCUT2D eigenvalue weighted by atomic mass is 35.5. The third-order valence-corrected chi connectivity index (χ3v) is 2.82. The summed E-state index contributed by atoms with van der Waals surface area (Å²) in [6, 6.07) is 0. The van der Waals surface area contributed by atoms with Crippen LogP contribution in [0.5, 0.6) is 0 Å². The molecule has 14 heavy (non-hydrogen) atoms. The summed E-state index contributed by atoms with van der Waals surface area (Å²) in [7, 11) is 0. The van der Waals surface area contributed by atoms with Gasteiger partial charge in [0.25, 0.3) is 0 Å². The molecule has 1 aliphatic rings. The van der Waals surface area contributed by atoms with Crippen LogP contribution in [0.25, 0.3) is 0 Å². The average molecular weight is 213 g/mol. The number of hydrogen-bond acceptors (Lipinski definition) is 2. The molecule has 0 aliphatic heterocycles. The van der Waals surface area contributed by atoms with Crippen molar-refractivity contribution in [3.63, 3.8) is 0 Å². The van der Waals surface area contributed by atoms with Gasteiger partial charge in [-0.1, -0.05) is 11.6 Å². The molecule has 1 saturated carbocycles. The van der Waals surface area contributed by atoms with E-state index in [9.17, 15) is 0 Å². The van der Waals surface area contributed by atoms with E-state index in [4.69, 9.17) is 22.7 Å². The summed E-state index contributed by atoms with van der Waals surface area (Å²) in [5.74, 6) is 0.265. The molecule has 1 fully saturated rings. The minimum atomic E-state index is 0.182. The fourth-order valence-electron chi connectivity index (χ4n) is 1.74. The predicted molar refractivity (Wildman–Crippen MR) is 55.4 cm³/mol. The van der Waals surface area contributed by atoms with E-state index in [1.165, 1.54) is 0 Å². The highest BCUT2D eigenvalue weighted by Gasteiger charge is 2.43. The molecule has 0 bridgehead atoms. The van der Waals surface area contributed by atoms with Crippen molar-refractivity contribution in [1.29, 1.82) is 5.41 Å². The molecule has 1 heterocycles. The number of nitrogens with one attached hydrogen (secondary N) is 1. The van der Waals surface area contributed by atoms with Gasteiger partial charge in [-0.25, -0.2) is 0 Å². The van der Waals surface area contributed by atoms with Crippen molar-refractivity contribution >= 4 is 17.4 Å². The van der Waals surface area contributed by atoms with Crippen LogP contribution < -0.4 is 5.73 Å². The Hall–Kier alpha value is -1.03. The number of rotatable bonds is 4. The molecule has 0 aromatic carbocycles. The monoisotopic (exact) mass is 212 g/mol. The van der Waals surface area contributed by atoms with Crippen LogP contribution in [0.15, 0.2) is 12.4 Å². The van der Waals surface area contributed by atoms with E-state index in [-0.39, 0.29) is 11.3 Å². The maximum atomic E-state index is 7.28. The van der Waals surface area contributed by atoms with Crippen LogP contribution in [0.2, 0.25) is 5.02 Å². The first kappa shape index (κ1) is 9.52. The molecular formula is C9H13ClN4. The molecule has 0 radical (unpaired) electrons. The third kappa shape index (κ3) is 2.07. The van der Waals surface area contributed by atoms with Crippen LogP contribution in [0, 0.1) is 10.8 Å². The van der Waals surface area contributed by atoms with Crippen molar-refractivity contribution < 1.29 is 0 Å². The standard InChI is InChI=1S/C9H13ClN4/c10-7-4-13-14(5-7)6-9(1-2-9)3-8(11)12/h4-5H,1-3,6H2,(H3,11,12). The first-order valence-electron chi connectivity index (χ1n) is 4.61. The number of nitrogens with zero attached hydrogens (tertiary/aromatic N) is 2. The lowest BCUT2D eigenvalue weighted by molar-refractivity contribution is 0.409. The van der Waals surface area contributed by atoms with Crippen LogP contribution in [-0.4, -0.2) is 15.6 Å². The van der Waals surface area contributed by atoms with E-state index < -0.39 is 0 Å². The lowest BCUT2D eigenvalue weighted by Gasteiger charge is -2.13. The Morgan fingerprint density at radius 1 is 1.71 bits per heavy atom. The van der Waals surface area contributed by atoms with Gasteiger partial charge in [-0.05, 0) is 18.3 Å². The predicted octanol–water partition coefficient (Wildman–Crippen LogP) is 1.64. The van der Waals surface area contributed by atoms with Gasteiger partial charge in [0.1, 0.15) is 0 Å². The Labute approximate surface area is 87.6 Å². The van der Waals surface area contributed by atoms with Crippen LogP contribution in [0.1, 0.15) is 19.3 Å². The largest absolute Gasteiger partial charge is 0.388 e. The number of hydrogen-bond donors (Lipinski definition) is 2. The number of nitrogens with two attached hydrogens (primary N) is 1.